The third kappa shape index (κ3) is 4.92. The molecule has 37 heavy (non-hydrogen) atoms. The molecule has 1 aliphatic carbocycles. The molecule has 0 saturated heterocycles. The van der Waals surface area contributed by atoms with Crippen LogP contribution in [-0.4, -0.2) is 25.8 Å². The molecule has 0 bridgehead atoms. The van der Waals surface area contributed by atoms with Crippen molar-refractivity contribution < 1.29 is 14.0 Å². The summed E-state index contributed by atoms with van der Waals surface area (Å²) in [6.07, 6.45) is 1.07. The molecule has 5 rings (SSSR count). The number of nitrogens with one attached hydrogen (secondary N) is 2. The summed E-state index contributed by atoms with van der Waals surface area (Å²) in [6.45, 7) is 1.86. The van der Waals surface area contributed by atoms with Gasteiger partial charge in [0.2, 0.25) is 0 Å². The van der Waals surface area contributed by atoms with Crippen LogP contribution in [0, 0.1) is 5.82 Å². The van der Waals surface area contributed by atoms with E-state index in [0.29, 0.717) is 35.4 Å². The van der Waals surface area contributed by atoms with E-state index in [9.17, 15) is 14.0 Å². The van der Waals surface area contributed by atoms with Crippen molar-refractivity contribution in [1.82, 2.24) is 5.32 Å². The van der Waals surface area contributed by atoms with Gasteiger partial charge in [-0.2, -0.15) is 0 Å². The van der Waals surface area contributed by atoms with Crippen LogP contribution in [0.15, 0.2) is 101 Å². The lowest BCUT2D eigenvalue weighted by Crippen LogP contribution is -2.37. The van der Waals surface area contributed by atoms with Crippen LogP contribution >= 0.6 is 0 Å². The number of dihydropyridines is 1. The lowest BCUT2D eigenvalue weighted by molar-refractivity contribution is -0.116. The number of benzene rings is 3. The number of carbonyl (C=O) groups excluding carboxylic acids is 2. The van der Waals surface area contributed by atoms with Crippen LogP contribution < -0.4 is 15.5 Å². The monoisotopic (exact) mass is 495 g/mol. The molecule has 3 aromatic rings. The maximum atomic E-state index is 13.8. The molecule has 1 amide bonds. The first-order valence-electron chi connectivity index (χ1n) is 12.4. The Morgan fingerprint density at radius 3 is 2.35 bits per heavy atom. The number of ketones is 1. The molecule has 5 nitrogen and oxygen atoms in total. The fourth-order valence-electron chi connectivity index (χ4n) is 5.36. The number of rotatable bonds is 5. The molecule has 2 N–H and O–H groups in total. The molecule has 0 radical (unpaired) electrons. The largest absolute Gasteiger partial charge is 0.378 e. The molecule has 3 aromatic carbocycles. The highest BCUT2D eigenvalue weighted by atomic mass is 19.1. The van der Waals surface area contributed by atoms with Gasteiger partial charge in [-0.1, -0.05) is 48.5 Å². The van der Waals surface area contributed by atoms with Crippen molar-refractivity contribution in [2.45, 2.75) is 31.6 Å². The van der Waals surface area contributed by atoms with E-state index in [0.717, 1.165) is 22.5 Å². The Hall–Kier alpha value is -4.19. The molecule has 0 saturated carbocycles. The average molecular weight is 496 g/mol. The van der Waals surface area contributed by atoms with E-state index in [1.807, 2.05) is 68.4 Å². The summed E-state index contributed by atoms with van der Waals surface area (Å²) in [4.78, 5) is 29.4. The van der Waals surface area contributed by atoms with Crippen molar-refractivity contribution in [2.75, 3.05) is 24.3 Å². The van der Waals surface area contributed by atoms with Gasteiger partial charge >= 0.3 is 0 Å². The second kappa shape index (κ2) is 10.1. The Balaban J connectivity index is 1.57. The van der Waals surface area contributed by atoms with E-state index in [1.165, 1.54) is 12.1 Å². The number of carbonyl (C=O) groups is 2. The fraction of sp³-hybridized carbons (Fsp3) is 0.226. The van der Waals surface area contributed by atoms with Gasteiger partial charge in [0, 0.05) is 60.3 Å². The maximum Gasteiger partial charge on any atom is 0.254 e. The molecule has 188 valence electrons. The van der Waals surface area contributed by atoms with Crippen LogP contribution in [0.2, 0.25) is 0 Å². The first-order valence-corrected chi connectivity index (χ1v) is 12.4. The second-order valence-electron chi connectivity index (χ2n) is 9.88. The predicted molar refractivity (Wildman–Crippen MR) is 145 cm³/mol. The molecule has 1 heterocycles. The van der Waals surface area contributed by atoms with E-state index in [1.54, 1.807) is 12.1 Å². The van der Waals surface area contributed by atoms with E-state index in [2.05, 4.69) is 22.8 Å². The van der Waals surface area contributed by atoms with E-state index < -0.39 is 11.7 Å². The number of amides is 1. The highest BCUT2D eigenvalue weighted by molar-refractivity contribution is 6.10. The Kier molecular flexibility index (Phi) is 6.66. The summed E-state index contributed by atoms with van der Waals surface area (Å²) >= 11 is 0. The molecular weight excluding hydrogens is 465 g/mol. The minimum absolute atomic E-state index is 0.0350. The van der Waals surface area contributed by atoms with Gasteiger partial charge in [0.25, 0.3) is 5.91 Å². The van der Waals surface area contributed by atoms with Crippen molar-refractivity contribution >= 4 is 23.1 Å². The van der Waals surface area contributed by atoms with Crippen LogP contribution in [0.4, 0.5) is 15.8 Å². The third-order valence-corrected chi connectivity index (χ3v) is 7.17. The van der Waals surface area contributed by atoms with Gasteiger partial charge < -0.3 is 15.5 Å². The minimum atomic E-state index is -0.523. The number of nitrogens with zero attached hydrogens (tertiary/aromatic N) is 1. The van der Waals surface area contributed by atoms with Crippen LogP contribution in [0.3, 0.4) is 0 Å². The number of anilines is 2. The Labute approximate surface area is 216 Å². The summed E-state index contributed by atoms with van der Waals surface area (Å²) in [5.41, 5.74) is 6.06. The summed E-state index contributed by atoms with van der Waals surface area (Å²) in [5.74, 6) is -1.20. The normalized spacial score (nSPS) is 19.3. The summed E-state index contributed by atoms with van der Waals surface area (Å²) in [6, 6.07) is 23.8. The summed E-state index contributed by atoms with van der Waals surface area (Å²) < 4.78 is 13.8. The third-order valence-electron chi connectivity index (χ3n) is 7.17. The van der Waals surface area contributed by atoms with E-state index >= 15 is 0 Å². The zero-order valence-corrected chi connectivity index (χ0v) is 21.2. The molecule has 6 heteroatoms. The number of hydrogen-bond acceptors (Lipinski definition) is 4. The highest BCUT2D eigenvalue weighted by Gasteiger charge is 2.40. The predicted octanol–water partition coefficient (Wildman–Crippen LogP) is 5.89. The smallest absolute Gasteiger partial charge is 0.254 e. The highest BCUT2D eigenvalue weighted by Crippen LogP contribution is 2.45. The Bertz CT molecular complexity index is 1410. The van der Waals surface area contributed by atoms with Gasteiger partial charge in [-0.05, 0) is 60.7 Å². The van der Waals surface area contributed by atoms with Crippen LogP contribution in [0.5, 0.6) is 0 Å². The van der Waals surface area contributed by atoms with Crippen molar-refractivity contribution in [2.24, 2.45) is 0 Å². The lowest BCUT2D eigenvalue weighted by atomic mass is 9.71. The van der Waals surface area contributed by atoms with Crippen molar-refractivity contribution in [1.29, 1.82) is 0 Å². The van der Waals surface area contributed by atoms with E-state index in [4.69, 9.17) is 0 Å². The van der Waals surface area contributed by atoms with E-state index in [-0.39, 0.29) is 17.6 Å². The van der Waals surface area contributed by atoms with Crippen LogP contribution in [0.1, 0.15) is 42.7 Å². The zero-order chi connectivity index (χ0) is 26.1. The summed E-state index contributed by atoms with van der Waals surface area (Å²) in [7, 11) is 3.94. The van der Waals surface area contributed by atoms with Gasteiger partial charge in [0.1, 0.15) is 5.82 Å². The van der Waals surface area contributed by atoms with Crippen molar-refractivity contribution in [3.05, 3.63) is 118 Å². The Morgan fingerprint density at radius 1 is 0.946 bits per heavy atom. The molecule has 0 unspecified atom stereocenters. The number of halogens is 1. The fourth-order valence-corrected chi connectivity index (χ4v) is 5.36. The number of Topliss-reactive ketones (excluding diaryl/α,β-unsaturated/α-hetero) is 1. The molecule has 0 fully saturated rings. The molecule has 0 spiro atoms. The molecule has 1 aliphatic heterocycles. The molecule has 2 aliphatic rings. The quantitative estimate of drug-likeness (QED) is 0.463. The van der Waals surface area contributed by atoms with Gasteiger partial charge in [0.05, 0.1) is 0 Å². The number of hydrogen-bond donors (Lipinski definition) is 2. The zero-order valence-electron chi connectivity index (χ0n) is 21.2. The molecule has 0 aromatic heterocycles. The van der Waals surface area contributed by atoms with Crippen molar-refractivity contribution in [3.63, 3.8) is 0 Å². The average Bonchev–Trinajstić information content (AvgIpc) is 2.88. The molecular formula is C31H30FN3O2. The van der Waals surface area contributed by atoms with Gasteiger partial charge in [-0.3, -0.25) is 9.59 Å². The van der Waals surface area contributed by atoms with Gasteiger partial charge in [-0.15, -0.1) is 0 Å². The Morgan fingerprint density at radius 2 is 1.68 bits per heavy atom. The lowest BCUT2D eigenvalue weighted by Gasteiger charge is -2.37. The topological polar surface area (TPSA) is 61.4 Å². The molecule has 2 atom stereocenters. The van der Waals surface area contributed by atoms with Crippen LogP contribution in [-0.2, 0) is 9.59 Å². The van der Waals surface area contributed by atoms with Gasteiger partial charge in [-0.25, -0.2) is 4.39 Å². The summed E-state index contributed by atoms with van der Waals surface area (Å²) in [5, 5.41) is 6.24. The maximum absolute atomic E-state index is 13.8. The second-order valence-corrected chi connectivity index (χ2v) is 9.88. The first kappa shape index (κ1) is 24.5. The SMILES string of the molecule is CC1=C(C(=O)Nc2cccc(F)c2)[C@@H](c2ccc(N(C)C)cc2)C2=C(C[C@@H](c3ccccc3)CC2=O)N1. The van der Waals surface area contributed by atoms with Crippen molar-refractivity contribution in [3.8, 4) is 0 Å². The minimum Gasteiger partial charge on any atom is -0.378 e. The number of allylic oxidation sites excluding steroid dienone is 3. The first-order chi connectivity index (χ1) is 17.8. The van der Waals surface area contributed by atoms with Crippen LogP contribution in [0.25, 0.3) is 0 Å². The standard InChI is InChI=1S/C31H30FN3O2/c1-19-28(31(37)34-24-11-7-10-23(32)18-24)29(21-12-14-25(15-13-21)35(2)3)30-26(33-19)16-22(17-27(30)36)20-8-5-4-6-9-20/h4-15,18,22,29,33H,16-17H2,1-3H3,(H,34,37)/t22-,29-/m1/s1. The van der Waals surface area contributed by atoms with Gasteiger partial charge in [0.15, 0.2) is 5.78 Å².